The van der Waals surface area contributed by atoms with Gasteiger partial charge in [0.15, 0.2) is 0 Å². The van der Waals surface area contributed by atoms with Crippen LogP contribution in [0.15, 0.2) is 55.6 Å². The van der Waals surface area contributed by atoms with Gasteiger partial charge in [-0.3, -0.25) is 19.3 Å². The van der Waals surface area contributed by atoms with E-state index in [-0.39, 0.29) is 24.3 Å². The maximum absolute atomic E-state index is 14.7. The fourth-order valence-electron chi connectivity index (χ4n) is 7.92. The number of nitrogens with zero attached hydrogens (tertiary/aromatic N) is 4. The van der Waals surface area contributed by atoms with Gasteiger partial charge in [0.2, 0.25) is 17.7 Å². The molecule has 0 aliphatic carbocycles. The second kappa shape index (κ2) is 13.8. The molecule has 3 amide bonds. The summed E-state index contributed by atoms with van der Waals surface area (Å²) >= 11 is 1.68. The molecule has 9 nitrogen and oxygen atoms in total. The van der Waals surface area contributed by atoms with Gasteiger partial charge in [0, 0.05) is 50.6 Å². The van der Waals surface area contributed by atoms with Gasteiger partial charge < -0.3 is 24.5 Å². The lowest BCUT2D eigenvalue weighted by molar-refractivity contribution is -0.148. The van der Waals surface area contributed by atoms with Crippen molar-refractivity contribution in [3.63, 3.8) is 0 Å². The summed E-state index contributed by atoms with van der Waals surface area (Å²) < 4.78 is 4.28. The number of aliphatic hydroxyl groups excluding tert-OH is 1. The molecule has 1 spiro atoms. The van der Waals surface area contributed by atoms with Crippen molar-refractivity contribution in [2.24, 2.45) is 11.8 Å². The van der Waals surface area contributed by atoms with Crippen molar-refractivity contribution in [1.29, 1.82) is 0 Å². The number of thioether (sulfide) groups is 1. The number of ether oxygens (including phenoxy) is 1. The van der Waals surface area contributed by atoms with Crippen LogP contribution < -0.4 is 0 Å². The minimum Gasteiger partial charge on any atom is -0.394 e. The van der Waals surface area contributed by atoms with Crippen LogP contribution in [-0.4, -0.2) is 123 Å². The summed E-state index contributed by atoms with van der Waals surface area (Å²) in [5, 5.41) is 10.5. The Kier molecular flexibility index (Phi) is 10.2. The van der Waals surface area contributed by atoms with Gasteiger partial charge in [-0.2, -0.15) is 0 Å². The zero-order valence-electron chi connectivity index (χ0n) is 26.2. The van der Waals surface area contributed by atoms with Gasteiger partial charge in [-0.25, -0.2) is 0 Å². The van der Waals surface area contributed by atoms with E-state index in [9.17, 15) is 19.5 Å². The molecule has 4 fully saturated rings. The Morgan fingerprint density at radius 2 is 1.80 bits per heavy atom. The molecule has 44 heavy (non-hydrogen) atoms. The SMILES string of the molecule is C=CCN(CCN1CCOCC1)C(=O)C1N([C@@H](CC)CO)C(=O)[C@@H]2[C@@H](C(=O)N(CC=C)Cc3ccccc3)[C@@]3(C)CCC12S3. The maximum Gasteiger partial charge on any atom is 0.247 e. The van der Waals surface area contributed by atoms with Crippen LogP contribution in [0.1, 0.15) is 38.7 Å². The zero-order valence-corrected chi connectivity index (χ0v) is 27.1. The number of morpholine rings is 1. The first kappa shape index (κ1) is 32.7. The van der Waals surface area contributed by atoms with E-state index in [1.165, 1.54) is 0 Å². The summed E-state index contributed by atoms with van der Waals surface area (Å²) in [5.41, 5.74) is 1.01. The molecule has 6 atom stereocenters. The number of carbonyl (C=O) groups is 3. The van der Waals surface area contributed by atoms with Gasteiger partial charge in [-0.1, -0.05) is 49.4 Å². The topological polar surface area (TPSA) is 93.6 Å². The highest BCUT2D eigenvalue weighted by Crippen LogP contribution is 2.72. The Hall–Kier alpha value is -2.66. The van der Waals surface area contributed by atoms with E-state index >= 15 is 0 Å². The molecule has 2 unspecified atom stereocenters. The van der Waals surface area contributed by atoms with Crippen LogP contribution in [0.2, 0.25) is 0 Å². The molecule has 0 saturated carbocycles. The van der Waals surface area contributed by atoms with E-state index in [2.05, 4.69) is 25.0 Å². The third-order valence-corrected chi connectivity index (χ3v) is 12.1. The summed E-state index contributed by atoms with van der Waals surface area (Å²) in [6.45, 7) is 17.0. The summed E-state index contributed by atoms with van der Waals surface area (Å²) in [7, 11) is 0. The second-order valence-corrected chi connectivity index (χ2v) is 14.6. The molecule has 10 heteroatoms. The maximum atomic E-state index is 14.7. The first-order valence-electron chi connectivity index (χ1n) is 16.0. The van der Waals surface area contributed by atoms with Crippen LogP contribution in [-0.2, 0) is 25.7 Å². The molecule has 0 aromatic heterocycles. The normalized spacial score (nSPS) is 30.2. The minimum atomic E-state index is -0.756. The molecule has 4 saturated heterocycles. The van der Waals surface area contributed by atoms with Gasteiger partial charge in [-0.15, -0.1) is 24.9 Å². The Balaban J connectivity index is 1.49. The fourth-order valence-corrected chi connectivity index (χ4v) is 10.3. The van der Waals surface area contributed by atoms with Crippen molar-refractivity contribution >= 4 is 29.5 Å². The molecule has 1 aromatic carbocycles. The van der Waals surface area contributed by atoms with Crippen molar-refractivity contribution in [3.8, 4) is 0 Å². The predicted octanol–water partition coefficient (Wildman–Crippen LogP) is 2.80. The van der Waals surface area contributed by atoms with Crippen LogP contribution in [0.5, 0.6) is 0 Å². The quantitative estimate of drug-likeness (QED) is 0.318. The lowest BCUT2D eigenvalue weighted by Gasteiger charge is -2.40. The van der Waals surface area contributed by atoms with Crippen molar-refractivity contribution < 1.29 is 24.2 Å². The van der Waals surface area contributed by atoms with E-state index in [1.807, 2.05) is 42.2 Å². The fraction of sp³-hybridized carbons (Fsp3) is 0.618. The average molecular weight is 625 g/mol. The van der Waals surface area contributed by atoms with E-state index in [4.69, 9.17) is 4.74 Å². The summed E-state index contributed by atoms with van der Waals surface area (Å²) in [4.78, 5) is 51.5. The first-order chi connectivity index (χ1) is 21.2. The minimum absolute atomic E-state index is 0.0657. The molecule has 2 bridgehead atoms. The lowest BCUT2D eigenvalue weighted by Crippen LogP contribution is -2.58. The van der Waals surface area contributed by atoms with E-state index in [0.29, 0.717) is 58.8 Å². The van der Waals surface area contributed by atoms with Crippen molar-refractivity contribution in [2.45, 2.75) is 61.2 Å². The molecule has 5 rings (SSSR count). The van der Waals surface area contributed by atoms with Crippen molar-refractivity contribution in [3.05, 3.63) is 61.2 Å². The standard InChI is InChI=1S/C34H48N4O5S/c1-5-15-36(18-17-35-19-21-43-22-20-35)32(42)29-34-14-13-33(4,44-34)27(28(34)31(41)38(29)26(7-3)24-39)30(40)37(16-6-2)23-25-11-9-8-10-12-25/h5-6,8-12,26-29,39H,1-2,7,13-24H2,3-4H3/t26-,27-,28-,29?,33+,34?/m0/s1. The largest absolute Gasteiger partial charge is 0.394 e. The van der Waals surface area contributed by atoms with Crippen LogP contribution in [0.25, 0.3) is 0 Å². The molecular formula is C34H48N4O5S. The number of hydrogen-bond acceptors (Lipinski definition) is 7. The third-order valence-electron chi connectivity index (χ3n) is 10.1. The van der Waals surface area contributed by atoms with E-state index in [1.54, 1.807) is 33.7 Å². The van der Waals surface area contributed by atoms with E-state index in [0.717, 1.165) is 25.1 Å². The highest BCUT2D eigenvalue weighted by Gasteiger charge is 2.78. The number of rotatable bonds is 14. The molecule has 240 valence electrons. The highest BCUT2D eigenvalue weighted by molar-refractivity contribution is 8.02. The Morgan fingerprint density at radius 3 is 2.43 bits per heavy atom. The number of hydrogen-bond donors (Lipinski definition) is 1. The van der Waals surface area contributed by atoms with Gasteiger partial charge in [0.1, 0.15) is 6.04 Å². The smallest absolute Gasteiger partial charge is 0.247 e. The second-order valence-electron chi connectivity index (χ2n) is 12.7. The Morgan fingerprint density at radius 1 is 1.11 bits per heavy atom. The molecule has 1 N–H and O–H groups in total. The highest BCUT2D eigenvalue weighted by atomic mass is 32.2. The molecule has 4 heterocycles. The molecule has 1 aromatic rings. The zero-order chi connectivity index (χ0) is 31.5. The number of likely N-dealkylation sites (tertiary alicyclic amines) is 1. The summed E-state index contributed by atoms with van der Waals surface area (Å²) in [5.74, 6) is -1.57. The number of carbonyl (C=O) groups excluding carboxylic acids is 3. The van der Waals surface area contributed by atoms with Gasteiger partial charge in [0.05, 0.1) is 42.4 Å². The number of benzene rings is 1. The molecule has 4 aliphatic heterocycles. The molecular weight excluding hydrogens is 576 g/mol. The van der Waals surface area contributed by atoms with Crippen molar-refractivity contribution in [2.75, 3.05) is 59.1 Å². The van der Waals surface area contributed by atoms with Crippen molar-refractivity contribution in [1.82, 2.24) is 19.6 Å². The molecule has 0 radical (unpaired) electrons. The van der Waals surface area contributed by atoms with Crippen LogP contribution in [0.4, 0.5) is 0 Å². The number of fused-ring (bicyclic) bond motifs is 1. The van der Waals surface area contributed by atoms with Gasteiger partial charge >= 0.3 is 0 Å². The predicted molar refractivity (Wildman–Crippen MR) is 173 cm³/mol. The van der Waals surface area contributed by atoms with Crippen LogP contribution in [0.3, 0.4) is 0 Å². The monoisotopic (exact) mass is 624 g/mol. The number of aliphatic hydroxyl groups is 1. The summed E-state index contributed by atoms with van der Waals surface area (Å²) in [6, 6.07) is 8.60. The number of amides is 3. The molecule has 4 aliphatic rings. The Labute approximate surface area is 266 Å². The third kappa shape index (κ3) is 5.86. The Bertz CT molecular complexity index is 1220. The van der Waals surface area contributed by atoms with Gasteiger partial charge in [0.25, 0.3) is 0 Å². The first-order valence-corrected chi connectivity index (χ1v) is 16.8. The van der Waals surface area contributed by atoms with E-state index < -0.39 is 33.4 Å². The van der Waals surface area contributed by atoms with Crippen LogP contribution in [0, 0.1) is 11.8 Å². The lowest BCUT2D eigenvalue weighted by atomic mass is 9.66. The summed E-state index contributed by atoms with van der Waals surface area (Å²) in [6.07, 6.45) is 5.40. The van der Waals surface area contributed by atoms with Crippen LogP contribution >= 0.6 is 11.8 Å². The van der Waals surface area contributed by atoms with Gasteiger partial charge in [-0.05, 0) is 31.7 Å². The average Bonchev–Trinajstić information content (AvgIpc) is 3.61.